The predicted molar refractivity (Wildman–Crippen MR) is 121 cm³/mol. The molecule has 11 heteroatoms. The lowest BCUT2D eigenvalue weighted by Crippen LogP contribution is -2.56. The number of benzene rings is 1. The van der Waals surface area contributed by atoms with Crippen molar-refractivity contribution in [1.82, 2.24) is 24.8 Å². The summed E-state index contributed by atoms with van der Waals surface area (Å²) in [4.78, 5) is 27.4. The fraction of sp³-hybridized carbons (Fsp3) is 0.455. The molecule has 3 aromatic rings. The molecule has 174 valence electrons. The summed E-state index contributed by atoms with van der Waals surface area (Å²) in [6.07, 6.45) is 5.50. The van der Waals surface area contributed by atoms with Gasteiger partial charge in [-0.05, 0) is 31.4 Å². The fourth-order valence-corrected chi connectivity index (χ4v) is 4.39. The first-order valence-corrected chi connectivity index (χ1v) is 10.9. The highest BCUT2D eigenvalue weighted by atomic mass is 19.1. The highest BCUT2D eigenvalue weighted by molar-refractivity contribution is 5.88. The smallest absolute Gasteiger partial charge is 0.242 e. The van der Waals surface area contributed by atoms with Gasteiger partial charge in [-0.1, -0.05) is 0 Å². The molecule has 10 nitrogen and oxygen atoms in total. The van der Waals surface area contributed by atoms with Gasteiger partial charge in [-0.25, -0.2) is 19.3 Å². The molecular formula is C22H27FN8O2. The van der Waals surface area contributed by atoms with E-state index in [4.69, 9.17) is 16.2 Å². The van der Waals surface area contributed by atoms with Gasteiger partial charge in [0.05, 0.1) is 19.5 Å². The summed E-state index contributed by atoms with van der Waals surface area (Å²) in [6, 6.07) is 3.40. The van der Waals surface area contributed by atoms with Crippen LogP contribution in [0.2, 0.25) is 0 Å². The number of aromatic nitrogens is 4. The van der Waals surface area contributed by atoms with Crippen LogP contribution in [-0.2, 0) is 22.7 Å². The summed E-state index contributed by atoms with van der Waals surface area (Å²) in [7, 11) is 1.53. The molecule has 2 aromatic heterocycles. The molecule has 2 fully saturated rings. The van der Waals surface area contributed by atoms with Gasteiger partial charge in [0.1, 0.15) is 23.2 Å². The number of amides is 1. The van der Waals surface area contributed by atoms with Crippen LogP contribution in [0.5, 0.6) is 0 Å². The van der Waals surface area contributed by atoms with Crippen LogP contribution in [0.15, 0.2) is 24.8 Å². The standard InChI is InChI=1S/C22H27FN8O2/c1-33-9-15-14(8-31-12-28-18-19(24)26-11-27-20(18)31)17(5-4-16(15)23)30-7-6-22(25,10-30)21(32)29-13-2-3-13/h4-5,11-13H,2-3,6-10,25H2,1H3,(H,29,32)(H2,24,26,27). The van der Waals surface area contributed by atoms with E-state index in [2.05, 4.69) is 20.3 Å². The molecule has 33 heavy (non-hydrogen) atoms. The van der Waals surface area contributed by atoms with E-state index in [0.717, 1.165) is 24.1 Å². The second-order valence-electron chi connectivity index (χ2n) is 8.84. The van der Waals surface area contributed by atoms with Gasteiger partial charge in [0.15, 0.2) is 11.5 Å². The first kappa shape index (κ1) is 21.5. The number of fused-ring (bicyclic) bond motifs is 1. The number of ether oxygens (including phenoxy) is 1. The minimum Gasteiger partial charge on any atom is -0.382 e. The minimum absolute atomic E-state index is 0.0997. The number of hydrogen-bond donors (Lipinski definition) is 3. The van der Waals surface area contributed by atoms with Gasteiger partial charge in [0.25, 0.3) is 0 Å². The summed E-state index contributed by atoms with van der Waals surface area (Å²) in [5.74, 6) is -0.204. The van der Waals surface area contributed by atoms with Crippen molar-refractivity contribution in [3.8, 4) is 0 Å². The fourth-order valence-electron chi connectivity index (χ4n) is 4.39. The second kappa shape index (κ2) is 8.23. The zero-order valence-electron chi connectivity index (χ0n) is 18.4. The predicted octanol–water partition coefficient (Wildman–Crippen LogP) is 0.929. The normalized spacial score (nSPS) is 20.5. The number of carbonyl (C=O) groups is 1. The molecule has 1 aromatic carbocycles. The van der Waals surface area contributed by atoms with E-state index in [-0.39, 0.29) is 30.2 Å². The molecule has 0 bridgehead atoms. The van der Waals surface area contributed by atoms with E-state index in [0.29, 0.717) is 42.8 Å². The van der Waals surface area contributed by atoms with Crippen LogP contribution in [-0.4, -0.2) is 57.2 Å². The van der Waals surface area contributed by atoms with Crippen LogP contribution >= 0.6 is 0 Å². The number of nitrogens with zero attached hydrogens (tertiary/aromatic N) is 5. The molecule has 5 rings (SSSR count). The van der Waals surface area contributed by atoms with Gasteiger partial charge >= 0.3 is 0 Å². The Balaban J connectivity index is 1.51. The Morgan fingerprint density at radius 2 is 2.12 bits per heavy atom. The second-order valence-corrected chi connectivity index (χ2v) is 8.84. The van der Waals surface area contributed by atoms with E-state index < -0.39 is 5.54 Å². The van der Waals surface area contributed by atoms with E-state index in [1.165, 1.54) is 19.5 Å². The average molecular weight is 455 g/mol. The highest BCUT2D eigenvalue weighted by Gasteiger charge is 2.43. The molecule has 1 unspecified atom stereocenters. The molecule has 3 heterocycles. The van der Waals surface area contributed by atoms with Gasteiger partial charge in [0.2, 0.25) is 5.91 Å². The number of anilines is 2. The van der Waals surface area contributed by atoms with Crippen LogP contribution in [0.1, 0.15) is 30.4 Å². The largest absolute Gasteiger partial charge is 0.382 e. The van der Waals surface area contributed by atoms with Gasteiger partial charge < -0.3 is 31.0 Å². The number of nitrogens with two attached hydrogens (primary N) is 2. The number of methoxy groups -OCH3 is 1. The van der Waals surface area contributed by atoms with Crippen LogP contribution in [0.3, 0.4) is 0 Å². The highest BCUT2D eigenvalue weighted by Crippen LogP contribution is 2.33. The summed E-state index contributed by atoms with van der Waals surface area (Å²) in [5, 5.41) is 3.02. The monoisotopic (exact) mass is 454 g/mol. The zero-order chi connectivity index (χ0) is 23.2. The van der Waals surface area contributed by atoms with Crippen molar-refractivity contribution in [1.29, 1.82) is 0 Å². The number of imidazole rings is 1. The van der Waals surface area contributed by atoms with Crippen LogP contribution < -0.4 is 21.7 Å². The van der Waals surface area contributed by atoms with E-state index in [1.54, 1.807) is 17.0 Å². The molecule has 1 atom stereocenters. The number of hydrogen-bond acceptors (Lipinski definition) is 8. The van der Waals surface area contributed by atoms with Crippen molar-refractivity contribution in [2.75, 3.05) is 30.8 Å². The Bertz CT molecular complexity index is 1210. The van der Waals surface area contributed by atoms with Crippen LogP contribution in [0.25, 0.3) is 11.2 Å². The van der Waals surface area contributed by atoms with E-state index in [9.17, 15) is 9.18 Å². The number of carbonyl (C=O) groups excluding carboxylic acids is 1. The molecule has 1 amide bonds. The third kappa shape index (κ3) is 3.98. The van der Waals surface area contributed by atoms with Gasteiger partial charge in [0, 0.05) is 43.1 Å². The number of nitrogens with one attached hydrogen (secondary N) is 1. The maximum absolute atomic E-state index is 14.9. The Morgan fingerprint density at radius 3 is 2.88 bits per heavy atom. The number of nitrogen functional groups attached to an aromatic ring is 1. The third-order valence-corrected chi connectivity index (χ3v) is 6.40. The van der Waals surface area contributed by atoms with Crippen molar-refractivity contribution in [3.05, 3.63) is 41.7 Å². The van der Waals surface area contributed by atoms with Gasteiger partial charge in [-0.3, -0.25) is 4.79 Å². The molecule has 0 spiro atoms. The zero-order valence-corrected chi connectivity index (χ0v) is 18.4. The lowest BCUT2D eigenvalue weighted by Gasteiger charge is -2.27. The molecule has 5 N–H and O–H groups in total. The molecule has 1 saturated carbocycles. The molecular weight excluding hydrogens is 427 g/mol. The van der Waals surface area contributed by atoms with Gasteiger partial charge in [-0.2, -0.15) is 0 Å². The Hall–Kier alpha value is -3.31. The van der Waals surface area contributed by atoms with Crippen LogP contribution in [0, 0.1) is 5.82 Å². The Labute approximate surface area is 190 Å². The maximum atomic E-state index is 14.9. The minimum atomic E-state index is -0.987. The van der Waals surface area contributed by atoms with E-state index >= 15 is 0 Å². The van der Waals surface area contributed by atoms with Crippen molar-refractivity contribution in [2.45, 2.75) is 44.0 Å². The summed E-state index contributed by atoms with van der Waals surface area (Å²) < 4.78 is 22.0. The topological polar surface area (TPSA) is 137 Å². The van der Waals surface area contributed by atoms with E-state index in [1.807, 2.05) is 4.90 Å². The molecule has 1 saturated heterocycles. The van der Waals surface area contributed by atoms with Crippen molar-refractivity contribution in [3.63, 3.8) is 0 Å². The Morgan fingerprint density at radius 1 is 1.30 bits per heavy atom. The summed E-state index contributed by atoms with van der Waals surface area (Å²) in [6.45, 7) is 1.32. The van der Waals surface area contributed by atoms with Crippen molar-refractivity contribution < 1.29 is 13.9 Å². The maximum Gasteiger partial charge on any atom is 0.242 e. The average Bonchev–Trinajstić information content (AvgIpc) is 3.37. The lowest BCUT2D eigenvalue weighted by molar-refractivity contribution is -0.125. The first-order chi connectivity index (χ1) is 15.9. The van der Waals surface area contributed by atoms with Crippen LogP contribution in [0.4, 0.5) is 15.9 Å². The number of halogens is 1. The third-order valence-electron chi connectivity index (χ3n) is 6.40. The van der Waals surface area contributed by atoms with Gasteiger partial charge in [-0.15, -0.1) is 0 Å². The molecule has 1 aliphatic carbocycles. The molecule has 1 aliphatic heterocycles. The first-order valence-electron chi connectivity index (χ1n) is 10.9. The SMILES string of the molecule is COCc1c(F)ccc(N2CCC(N)(C(=O)NC3CC3)C2)c1Cn1cnc2c(N)ncnc21. The lowest BCUT2D eigenvalue weighted by atomic mass is 9.99. The summed E-state index contributed by atoms with van der Waals surface area (Å²) in [5.41, 5.74) is 14.5. The van der Waals surface area contributed by atoms with Crippen molar-refractivity contribution >= 4 is 28.6 Å². The summed E-state index contributed by atoms with van der Waals surface area (Å²) >= 11 is 0. The molecule has 0 radical (unpaired) electrons. The number of rotatable bonds is 7. The quantitative estimate of drug-likeness (QED) is 0.479. The molecule has 2 aliphatic rings. The van der Waals surface area contributed by atoms with Crippen molar-refractivity contribution in [2.24, 2.45) is 5.73 Å². The Kier molecular flexibility index (Phi) is 5.37.